The molecule has 1 fully saturated rings. The number of nitrogens with zero attached hydrogens (tertiary/aromatic N) is 1. The van der Waals surface area contributed by atoms with Gasteiger partial charge in [-0.2, -0.15) is 11.8 Å². The van der Waals surface area contributed by atoms with Crippen molar-refractivity contribution in [2.24, 2.45) is 0 Å². The van der Waals surface area contributed by atoms with E-state index in [9.17, 15) is 9.18 Å². The lowest BCUT2D eigenvalue weighted by molar-refractivity contribution is -0.117. The van der Waals surface area contributed by atoms with E-state index in [4.69, 9.17) is 5.73 Å². The number of carbonyl (C=O) groups is 1. The van der Waals surface area contributed by atoms with E-state index in [2.05, 4.69) is 10.2 Å². The molecule has 4 nitrogen and oxygen atoms in total. The lowest BCUT2D eigenvalue weighted by Gasteiger charge is -2.22. The van der Waals surface area contributed by atoms with Crippen molar-refractivity contribution in [1.29, 1.82) is 0 Å². The van der Waals surface area contributed by atoms with Crippen LogP contribution >= 0.6 is 11.8 Å². The summed E-state index contributed by atoms with van der Waals surface area (Å²) in [4.78, 5) is 14.0. The molecule has 2 rings (SSSR count). The second-order valence-corrected chi connectivity index (χ2v) is 5.86. The maximum absolute atomic E-state index is 12.9. The second-order valence-electron chi connectivity index (χ2n) is 4.71. The quantitative estimate of drug-likeness (QED) is 0.827. The lowest BCUT2D eigenvalue weighted by Crippen LogP contribution is -2.38. The average molecular weight is 283 g/mol. The SMILES string of the molecule is CN(CC(=O)Nc1ccc(F)cc1N)C1CCSC1. The van der Waals surface area contributed by atoms with Gasteiger partial charge in [0.2, 0.25) is 5.91 Å². The zero-order valence-corrected chi connectivity index (χ0v) is 11.7. The van der Waals surface area contributed by atoms with Gasteiger partial charge in [-0.25, -0.2) is 4.39 Å². The maximum atomic E-state index is 12.9. The highest BCUT2D eigenvalue weighted by Crippen LogP contribution is 2.22. The molecule has 3 N–H and O–H groups in total. The fraction of sp³-hybridized carbons (Fsp3) is 0.462. The van der Waals surface area contributed by atoms with Crippen LogP contribution in [-0.4, -0.2) is 41.9 Å². The number of benzene rings is 1. The van der Waals surface area contributed by atoms with E-state index < -0.39 is 5.82 Å². The Morgan fingerprint density at radius 2 is 2.42 bits per heavy atom. The van der Waals surface area contributed by atoms with Gasteiger partial charge in [0.25, 0.3) is 0 Å². The summed E-state index contributed by atoms with van der Waals surface area (Å²) >= 11 is 1.91. The lowest BCUT2D eigenvalue weighted by atomic mass is 10.2. The van der Waals surface area contributed by atoms with Crippen molar-refractivity contribution in [2.75, 3.05) is 36.1 Å². The molecule has 0 saturated carbocycles. The molecule has 1 unspecified atom stereocenters. The van der Waals surface area contributed by atoms with Gasteiger partial charge in [0.05, 0.1) is 17.9 Å². The van der Waals surface area contributed by atoms with E-state index in [0.29, 0.717) is 18.3 Å². The predicted molar refractivity (Wildman–Crippen MR) is 77.8 cm³/mol. The third-order valence-electron chi connectivity index (χ3n) is 3.21. The number of nitrogen functional groups attached to an aromatic ring is 1. The van der Waals surface area contributed by atoms with E-state index in [0.717, 1.165) is 17.9 Å². The molecule has 1 atom stereocenters. The van der Waals surface area contributed by atoms with E-state index in [1.807, 2.05) is 18.8 Å². The molecule has 1 heterocycles. The molecule has 0 aromatic heterocycles. The summed E-state index contributed by atoms with van der Waals surface area (Å²) in [6.07, 6.45) is 1.12. The van der Waals surface area contributed by atoms with Crippen LogP contribution in [0.3, 0.4) is 0 Å². The summed E-state index contributed by atoms with van der Waals surface area (Å²) in [5, 5.41) is 2.71. The smallest absolute Gasteiger partial charge is 0.238 e. The van der Waals surface area contributed by atoms with Crippen LogP contribution in [-0.2, 0) is 4.79 Å². The van der Waals surface area contributed by atoms with Gasteiger partial charge in [0.1, 0.15) is 5.82 Å². The van der Waals surface area contributed by atoms with E-state index in [1.165, 1.54) is 18.2 Å². The molecule has 1 aliphatic rings. The first-order valence-electron chi connectivity index (χ1n) is 6.19. The monoisotopic (exact) mass is 283 g/mol. The fourth-order valence-electron chi connectivity index (χ4n) is 2.06. The fourth-order valence-corrected chi connectivity index (χ4v) is 3.36. The Morgan fingerprint density at radius 1 is 1.63 bits per heavy atom. The van der Waals surface area contributed by atoms with Crippen molar-refractivity contribution >= 4 is 29.0 Å². The first kappa shape index (κ1) is 14.1. The molecule has 0 aliphatic carbocycles. The van der Waals surface area contributed by atoms with Gasteiger partial charge in [0.15, 0.2) is 0 Å². The summed E-state index contributed by atoms with van der Waals surface area (Å²) in [6, 6.07) is 4.42. The van der Waals surface area contributed by atoms with Gasteiger partial charge in [0, 0.05) is 11.8 Å². The van der Waals surface area contributed by atoms with Crippen molar-refractivity contribution in [3.63, 3.8) is 0 Å². The molecule has 1 aliphatic heterocycles. The van der Waals surface area contributed by atoms with Crippen molar-refractivity contribution in [3.05, 3.63) is 24.0 Å². The molecular formula is C13H18FN3OS. The molecular weight excluding hydrogens is 265 g/mol. The van der Waals surface area contributed by atoms with E-state index in [-0.39, 0.29) is 11.6 Å². The zero-order valence-electron chi connectivity index (χ0n) is 10.9. The van der Waals surface area contributed by atoms with Crippen LogP contribution in [0.1, 0.15) is 6.42 Å². The third-order valence-corrected chi connectivity index (χ3v) is 4.35. The largest absolute Gasteiger partial charge is 0.397 e. The van der Waals surface area contributed by atoms with Crippen molar-refractivity contribution in [2.45, 2.75) is 12.5 Å². The Hall–Kier alpha value is -1.27. The summed E-state index contributed by atoms with van der Waals surface area (Å²) in [7, 11) is 1.95. The van der Waals surface area contributed by atoms with Gasteiger partial charge in [-0.15, -0.1) is 0 Å². The third kappa shape index (κ3) is 3.84. The van der Waals surface area contributed by atoms with Crippen molar-refractivity contribution < 1.29 is 9.18 Å². The number of halogens is 1. The highest BCUT2D eigenvalue weighted by atomic mass is 32.2. The second kappa shape index (κ2) is 6.25. The highest BCUT2D eigenvalue weighted by molar-refractivity contribution is 7.99. The number of thioether (sulfide) groups is 1. The Morgan fingerprint density at radius 3 is 3.05 bits per heavy atom. The first-order chi connectivity index (χ1) is 9.06. The topological polar surface area (TPSA) is 58.4 Å². The van der Waals surface area contributed by atoms with Crippen LogP contribution < -0.4 is 11.1 Å². The van der Waals surface area contributed by atoms with Gasteiger partial charge in [-0.1, -0.05) is 0 Å². The number of anilines is 2. The number of nitrogens with one attached hydrogen (secondary N) is 1. The molecule has 0 bridgehead atoms. The number of rotatable bonds is 4. The number of hydrogen-bond donors (Lipinski definition) is 2. The van der Waals surface area contributed by atoms with E-state index >= 15 is 0 Å². The Balaban J connectivity index is 1.89. The summed E-state index contributed by atoms with van der Waals surface area (Å²) in [5.41, 5.74) is 6.35. The molecule has 104 valence electrons. The normalized spacial score (nSPS) is 18.8. The summed E-state index contributed by atoms with van der Waals surface area (Å²) in [5.74, 6) is 1.69. The Bertz CT molecular complexity index is 463. The van der Waals surface area contributed by atoms with Crippen molar-refractivity contribution in [3.8, 4) is 0 Å². The zero-order chi connectivity index (χ0) is 13.8. The van der Waals surface area contributed by atoms with Crippen LogP contribution in [0.2, 0.25) is 0 Å². The van der Waals surface area contributed by atoms with Gasteiger partial charge in [-0.05, 0) is 37.4 Å². The minimum atomic E-state index is -0.407. The molecule has 1 saturated heterocycles. The molecule has 6 heteroatoms. The van der Waals surface area contributed by atoms with Crippen LogP contribution in [0.15, 0.2) is 18.2 Å². The number of amides is 1. The number of nitrogens with two attached hydrogens (primary N) is 1. The number of hydrogen-bond acceptors (Lipinski definition) is 4. The molecule has 1 aromatic rings. The molecule has 0 radical (unpaired) electrons. The van der Waals surface area contributed by atoms with Crippen molar-refractivity contribution in [1.82, 2.24) is 4.90 Å². The van der Waals surface area contributed by atoms with Gasteiger partial charge in [-0.3, -0.25) is 9.69 Å². The van der Waals surface area contributed by atoms with Gasteiger partial charge >= 0.3 is 0 Å². The average Bonchev–Trinajstić information content (AvgIpc) is 2.86. The molecule has 19 heavy (non-hydrogen) atoms. The maximum Gasteiger partial charge on any atom is 0.238 e. The van der Waals surface area contributed by atoms with Crippen LogP contribution in [0.25, 0.3) is 0 Å². The summed E-state index contributed by atoms with van der Waals surface area (Å²) < 4.78 is 12.9. The standard InChI is InChI=1S/C13H18FN3OS/c1-17(10-4-5-19-8-10)7-13(18)16-12-3-2-9(14)6-11(12)15/h2-3,6,10H,4-5,7-8,15H2,1H3,(H,16,18). The molecule has 0 spiro atoms. The highest BCUT2D eigenvalue weighted by Gasteiger charge is 2.21. The van der Waals surface area contributed by atoms with Gasteiger partial charge < -0.3 is 11.1 Å². The predicted octanol–water partition coefficient (Wildman–Crippen LogP) is 1.78. The summed E-state index contributed by atoms with van der Waals surface area (Å²) in [6.45, 7) is 0.321. The minimum Gasteiger partial charge on any atom is -0.397 e. The Kier molecular flexibility index (Phi) is 4.66. The molecule has 1 amide bonds. The number of carbonyl (C=O) groups excluding carboxylic acids is 1. The first-order valence-corrected chi connectivity index (χ1v) is 7.34. The van der Waals surface area contributed by atoms with Crippen LogP contribution in [0, 0.1) is 5.82 Å². The minimum absolute atomic E-state index is 0.127. The Labute approximate surface area is 116 Å². The number of likely N-dealkylation sites (N-methyl/N-ethyl adjacent to an activating group) is 1. The van der Waals surface area contributed by atoms with E-state index in [1.54, 1.807) is 0 Å². The van der Waals surface area contributed by atoms with Crippen LogP contribution in [0.5, 0.6) is 0 Å². The molecule has 1 aromatic carbocycles. The van der Waals surface area contributed by atoms with Crippen LogP contribution in [0.4, 0.5) is 15.8 Å².